The van der Waals surface area contributed by atoms with Gasteiger partial charge >= 0.3 is 0 Å². The summed E-state index contributed by atoms with van der Waals surface area (Å²) in [5, 5.41) is 4.00. The average molecular weight is 385 g/mol. The van der Waals surface area contributed by atoms with E-state index in [2.05, 4.69) is 48.3 Å². The largest absolute Gasteiger partial charge is 0.493 e. The van der Waals surface area contributed by atoms with Crippen molar-refractivity contribution < 1.29 is 14.3 Å². The Kier molecular flexibility index (Phi) is 8.45. The minimum Gasteiger partial charge on any atom is -0.493 e. The fourth-order valence-electron chi connectivity index (χ4n) is 2.19. The van der Waals surface area contributed by atoms with E-state index in [9.17, 15) is 4.79 Å². The Hall–Kier alpha value is -2.73. The van der Waals surface area contributed by atoms with Gasteiger partial charge in [0, 0.05) is 5.75 Å². The molecule has 0 fully saturated rings. The number of ether oxygens (including phenoxy) is 2. The van der Waals surface area contributed by atoms with Gasteiger partial charge in [0.15, 0.2) is 11.5 Å². The highest BCUT2D eigenvalue weighted by molar-refractivity contribution is 7.99. The standard InChI is InChI=1S/C21H24N2O3S/c1-4-11-26-19-10-9-18(12-20(19)25-3)13-22-23-21(24)15-27-14-17-7-5-16(2)6-8-17/h4-10,12-13H,1,11,14-15H2,2-3H3,(H,23,24)/b22-13-. The molecule has 27 heavy (non-hydrogen) atoms. The number of hydrazone groups is 1. The first-order chi connectivity index (χ1) is 13.1. The summed E-state index contributed by atoms with van der Waals surface area (Å²) >= 11 is 1.55. The molecule has 0 aliphatic carbocycles. The van der Waals surface area contributed by atoms with Crippen molar-refractivity contribution in [2.45, 2.75) is 12.7 Å². The molecule has 2 rings (SSSR count). The molecule has 0 aliphatic rings. The number of aryl methyl sites for hydroxylation is 1. The van der Waals surface area contributed by atoms with Crippen LogP contribution in [0.2, 0.25) is 0 Å². The molecule has 1 N–H and O–H groups in total. The number of amides is 1. The molecule has 1 amide bonds. The van der Waals surface area contributed by atoms with Crippen molar-refractivity contribution in [3.05, 3.63) is 71.8 Å². The second-order valence-electron chi connectivity index (χ2n) is 5.78. The van der Waals surface area contributed by atoms with E-state index in [0.717, 1.165) is 11.3 Å². The number of benzene rings is 2. The molecular formula is C21H24N2O3S. The Labute approximate surface area is 164 Å². The Morgan fingerprint density at radius 2 is 2.00 bits per heavy atom. The van der Waals surface area contributed by atoms with Gasteiger partial charge < -0.3 is 9.47 Å². The number of thioether (sulfide) groups is 1. The fourth-order valence-corrected chi connectivity index (χ4v) is 2.97. The van der Waals surface area contributed by atoms with Crippen LogP contribution in [0.3, 0.4) is 0 Å². The van der Waals surface area contributed by atoms with E-state index in [1.807, 2.05) is 6.07 Å². The lowest BCUT2D eigenvalue weighted by atomic mass is 10.2. The first kappa shape index (κ1) is 20.6. The highest BCUT2D eigenvalue weighted by Gasteiger charge is 2.05. The Morgan fingerprint density at radius 1 is 1.22 bits per heavy atom. The van der Waals surface area contributed by atoms with Gasteiger partial charge in [0.25, 0.3) is 0 Å². The second-order valence-corrected chi connectivity index (χ2v) is 6.77. The number of hydrogen-bond donors (Lipinski definition) is 1. The molecular weight excluding hydrogens is 360 g/mol. The smallest absolute Gasteiger partial charge is 0.250 e. The maximum absolute atomic E-state index is 11.9. The van der Waals surface area contributed by atoms with Crippen LogP contribution in [0.15, 0.2) is 60.2 Å². The van der Waals surface area contributed by atoms with Crippen molar-refractivity contribution in [2.24, 2.45) is 5.10 Å². The molecule has 0 atom stereocenters. The number of carbonyl (C=O) groups excluding carboxylic acids is 1. The molecule has 0 bridgehead atoms. The summed E-state index contributed by atoms with van der Waals surface area (Å²) in [5.74, 6) is 2.23. The zero-order chi connectivity index (χ0) is 19.5. The van der Waals surface area contributed by atoms with E-state index >= 15 is 0 Å². The summed E-state index contributed by atoms with van der Waals surface area (Å²) in [4.78, 5) is 11.9. The molecule has 0 saturated carbocycles. The van der Waals surface area contributed by atoms with E-state index < -0.39 is 0 Å². The van der Waals surface area contributed by atoms with Gasteiger partial charge in [-0.1, -0.05) is 42.5 Å². The second kappa shape index (κ2) is 11.1. The first-order valence-corrected chi connectivity index (χ1v) is 9.64. The van der Waals surface area contributed by atoms with Gasteiger partial charge in [-0.25, -0.2) is 5.43 Å². The van der Waals surface area contributed by atoms with Gasteiger partial charge in [-0.3, -0.25) is 4.79 Å². The van der Waals surface area contributed by atoms with Gasteiger partial charge in [0.2, 0.25) is 5.91 Å². The van der Waals surface area contributed by atoms with Crippen LogP contribution in [0.4, 0.5) is 0 Å². The van der Waals surface area contributed by atoms with Crippen LogP contribution in [0, 0.1) is 6.92 Å². The van der Waals surface area contributed by atoms with Crippen molar-refractivity contribution in [1.82, 2.24) is 5.43 Å². The zero-order valence-corrected chi connectivity index (χ0v) is 16.4. The molecule has 0 radical (unpaired) electrons. The highest BCUT2D eigenvalue weighted by atomic mass is 32.2. The molecule has 6 heteroatoms. The summed E-state index contributed by atoms with van der Waals surface area (Å²) in [6, 6.07) is 13.7. The van der Waals surface area contributed by atoms with Crippen LogP contribution in [-0.4, -0.2) is 31.6 Å². The summed E-state index contributed by atoms with van der Waals surface area (Å²) in [7, 11) is 1.57. The average Bonchev–Trinajstić information content (AvgIpc) is 2.68. The van der Waals surface area contributed by atoms with E-state index in [0.29, 0.717) is 23.9 Å². The third kappa shape index (κ3) is 7.19. The molecule has 0 heterocycles. The van der Waals surface area contributed by atoms with Gasteiger partial charge in [-0.15, -0.1) is 11.8 Å². The molecule has 0 saturated heterocycles. The van der Waals surface area contributed by atoms with Gasteiger partial charge in [0.1, 0.15) is 6.61 Å². The number of hydrogen-bond acceptors (Lipinski definition) is 5. The number of nitrogens with one attached hydrogen (secondary N) is 1. The number of rotatable bonds is 10. The van der Waals surface area contributed by atoms with E-state index in [-0.39, 0.29) is 5.91 Å². The third-order valence-corrected chi connectivity index (χ3v) is 4.57. The van der Waals surface area contributed by atoms with Crippen LogP contribution < -0.4 is 14.9 Å². The molecule has 0 spiro atoms. The maximum Gasteiger partial charge on any atom is 0.250 e. The zero-order valence-electron chi connectivity index (χ0n) is 15.6. The van der Waals surface area contributed by atoms with Crippen LogP contribution >= 0.6 is 11.8 Å². The lowest BCUT2D eigenvalue weighted by molar-refractivity contribution is -0.118. The Balaban J connectivity index is 1.79. The van der Waals surface area contributed by atoms with Crippen molar-refractivity contribution >= 4 is 23.9 Å². The number of carbonyl (C=O) groups is 1. The monoisotopic (exact) mass is 384 g/mol. The van der Waals surface area contributed by atoms with Crippen molar-refractivity contribution in [3.8, 4) is 11.5 Å². The summed E-state index contributed by atoms with van der Waals surface area (Å²) in [5.41, 5.74) is 5.76. The number of nitrogens with zero attached hydrogens (tertiary/aromatic N) is 1. The predicted molar refractivity (Wildman–Crippen MR) is 112 cm³/mol. The van der Waals surface area contributed by atoms with E-state index in [1.54, 1.807) is 43.3 Å². The quantitative estimate of drug-likeness (QED) is 0.383. The van der Waals surface area contributed by atoms with E-state index in [4.69, 9.17) is 9.47 Å². The minimum absolute atomic E-state index is 0.138. The summed E-state index contributed by atoms with van der Waals surface area (Å²) < 4.78 is 10.8. The Morgan fingerprint density at radius 3 is 2.70 bits per heavy atom. The number of methoxy groups -OCH3 is 1. The summed E-state index contributed by atoms with van der Waals surface area (Å²) in [6.45, 7) is 6.08. The van der Waals surface area contributed by atoms with Crippen molar-refractivity contribution in [3.63, 3.8) is 0 Å². The predicted octanol–water partition coefficient (Wildman–Crippen LogP) is 3.95. The molecule has 5 nitrogen and oxygen atoms in total. The molecule has 2 aromatic rings. The Bertz CT molecular complexity index is 789. The van der Waals surface area contributed by atoms with Crippen LogP contribution in [-0.2, 0) is 10.5 Å². The van der Waals surface area contributed by atoms with Gasteiger partial charge in [-0.05, 0) is 36.2 Å². The topological polar surface area (TPSA) is 59.9 Å². The van der Waals surface area contributed by atoms with Crippen molar-refractivity contribution in [1.29, 1.82) is 0 Å². The molecule has 0 aromatic heterocycles. The molecule has 2 aromatic carbocycles. The third-order valence-electron chi connectivity index (χ3n) is 3.57. The molecule has 142 valence electrons. The van der Waals surface area contributed by atoms with Gasteiger partial charge in [0.05, 0.1) is 19.1 Å². The lowest BCUT2D eigenvalue weighted by Gasteiger charge is -2.09. The van der Waals surface area contributed by atoms with Gasteiger partial charge in [-0.2, -0.15) is 5.10 Å². The highest BCUT2D eigenvalue weighted by Crippen LogP contribution is 2.27. The van der Waals surface area contributed by atoms with Crippen LogP contribution in [0.25, 0.3) is 0 Å². The maximum atomic E-state index is 11.9. The lowest BCUT2D eigenvalue weighted by Crippen LogP contribution is -2.19. The van der Waals surface area contributed by atoms with Crippen LogP contribution in [0.1, 0.15) is 16.7 Å². The summed E-state index contributed by atoms with van der Waals surface area (Å²) in [6.07, 6.45) is 3.24. The fraction of sp³-hybridized carbons (Fsp3) is 0.238. The normalized spacial score (nSPS) is 10.6. The van der Waals surface area contributed by atoms with E-state index in [1.165, 1.54) is 11.1 Å². The van der Waals surface area contributed by atoms with Crippen molar-refractivity contribution in [2.75, 3.05) is 19.5 Å². The molecule has 0 aliphatic heterocycles. The molecule has 0 unspecified atom stereocenters. The SMILES string of the molecule is C=CCOc1ccc(/C=N\NC(=O)CSCc2ccc(C)cc2)cc1OC. The first-order valence-electron chi connectivity index (χ1n) is 8.49. The minimum atomic E-state index is -0.138. The van der Waals surface area contributed by atoms with Crippen LogP contribution in [0.5, 0.6) is 11.5 Å².